The maximum absolute atomic E-state index is 12.8. The summed E-state index contributed by atoms with van der Waals surface area (Å²) in [5.74, 6) is 0.442. The van der Waals surface area contributed by atoms with E-state index in [1.807, 2.05) is 6.92 Å². The van der Waals surface area contributed by atoms with Crippen LogP contribution < -0.4 is 0 Å². The summed E-state index contributed by atoms with van der Waals surface area (Å²) in [6.45, 7) is 6.14. The van der Waals surface area contributed by atoms with Crippen LogP contribution in [0.25, 0.3) is 0 Å². The number of hydrogen-bond donors (Lipinski definition) is 0. The van der Waals surface area contributed by atoms with Crippen LogP contribution in [0.5, 0.6) is 0 Å². The second-order valence-corrected chi connectivity index (χ2v) is 5.29. The molecule has 2 rings (SSSR count). The molecule has 0 N–H and O–H groups in total. The second-order valence-electron chi connectivity index (χ2n) is 5.29. The molecule has 3 heteroatoms. The smallest absolute Gasteiger partial charge is 0.179 e. The van der Waals surface area contributed by atoms with Crippen LogP contribution >= 0.6 is 0 Å². The molecule has 2 unspecified atom stereocenters. The quantitative estimate of drug-likeness (QED) is 0.767. The van der Waals surface area contributed by atoms with Crippen molar-refractivity contribution in [1.82, 2.24) is 4.90 Å². The van der Waals surface area contributed by atoms with E-state index in [1.54, 1.807) is 12.1 Å². The minimum Gasteiger partial charge on any atom is -0.293 e. The summed E-state index contributed by atoms with van der Waals surface area (Å²) in [4.78, 5) is 14.5. The topological polar surface area (TPSA) is 20.3 Å². The van der Waals surface area contributed by atoms with Gasteiger partial charge in [-0.1, -0.05) is 6.92 Å². The zero-order chi connectivity index (χ0) is 13.1. The van der Waals surface area contributed by atoms with E-state index in [1.165, 1.54) is 18.6 Å². The van der Waals surface area contributed by atoms with Gasteiger partial charge in [0.1, 0.15) is 5.82 Å². The molecule has 18 heavy (non-hydrogen) atoms. The number of carbonyl (C=O) groups is 1. The van der Waals surface area contributed by atoms with Crippen LogP contribution in [0.2, 0.25) is 0 Å². The van der Waals surface area contributed by atoms with E-state index in [0.717, 1.165) is 19.5 Å². The summed E-state index contributed by atoms with van der Waals surface area (Å²) in [5.41, 5.74) is 0.599. The average molecular weight is 249 g/mol. The summed E-state index contributed by atoms with van der Waals surface area (Å²) < 4.78 is 12.8. The molecule has 0 amide bonds. The molecule has 2 atom stereocenters. The highest BCUT2D eigenvalue weighted by Crippen LogP contribution is 2.19. The summed E-state index contributed by atoms with van der Waals surface area (Å²) in [6.07, 6.45) is 2.40. The Bertz CT molecular complexity index is 415. The van der Waals surface area contributed by atoms with Crippen LogP contribution in [0.15, 0.2) is 24.3 Å². The number of hydrogen-bond acceptors (Lipinski definition) is 2. The van der Waals surface area contributed by atoms with Gasteiger partial charge in [-0.05, 0) is 56.5 Å². The third-order valence-electron chi connectivity index (χ3n) is 3.74. The molecule has 1 aliphatic heterocycles. The first-order valence-corrected chi connectivity index (χ1v) is 6.62. The van der Waals surface area contributed by atoms with Crippen LogP contribution in [0.4, 0.5) is 4.39 Å². The third-order valence-corrected chi connectivity index (χ3v) is 3.74. The number of halogens is 1. The van der Waals surface area contributed by atoms with Gasteiger partial charge in [0.2, 0.25) is 0 Å². The fraction of sp³-hybridized carbons (Fsp3) is 0.533. The number of rotatable bonds is 3. The van der Waals surface area contributed by atoms with Crippen molar-refractivity contribution in [2.45, 2.75) is 32.7 Å². The Hall–Kier alpha value is -1.22. The van der Waals surface area contributed by atoms with E-state index in [0.29, 0.717) is 11.5 Å². The van der Waals surface area contributed by atoms with Crippen LogP contribution in [-0.4, -0.2) is 29.8 Å². The van der Waals surface area contributed by atoms with Gasteiger partial charge in [0.05, 0.1) is 6.04 Å². The molecule has 1 aromatic rings. The normalized spacial score (nSPS) is 22.7. The standard InChI is InChI=1S/C15H20FNO/c1-11-4-3-9-17(10-11)12(2)15(18)13-5-7-14(16)8-6-13/h5-8,11-12H,3-4,9-10H2,1-2H3. The monoisotopic (exact) mass is 249 g/mol. The Morgan fingerprint density at radius 2 is 2.06 bits per heavy atom. The molecule has 0 saturated carbocycles. The van der Waals surface area contributed by atoms with Crippen molar-refractivity contribution in [2.24, 2.45) is 5.92 Å². The van der Waals surface area contributed by atoms with Gasteiger partial charge >= 0.3 is 0 Å². The summed E-state index contributed by atoms with van der Waals surface area (Å²) >= 11 is 0. The van der Waals surface area contributed by atoms with E-state index < -0.39 is 0 Å². The Labute approximate surface area is 108 Å². The van der Waals surface area contributed by atoms with Gasteiger partial charge in [-0.25, -0.2) is 4.39 Å². The zero-order valence-corrected chi connectivity index (χ0v) is 11.0. The largest absolute Gasteiger partial charge is 0.293 e. The molecule has 0 spiro atoms. The lowest BCUT2D eigenvalue weighted by molar-refractivity contribution is 0.0765. The van der Waals surface area contributed by atoms with E-state index in [9.17, 15) is 9.18 Å². The number of likely N-dealkylation sites (tertiary alicyclic amines) is 1. The fourth-order valence-corrected chi connectivity index (χ4v) is 2.60. The number of nitrogens with zero attached hydrogens (tertiary/aromatic N) is 1. The van der Waals surface area contributed by atoms with E-state index >= 15 is 0 Å². The molecule has 1 fully saturated rings. The summed E-state index contributed by atoms with van der Waals surface area (Å²) in [5, 5.41) is 0. The Morgan fingerprint density at radius 3 is 2.67 bits per heavy atom. The molecule has 1 heterocycles. The van der Waals surface area contributed by atoms with Crippen molar-refractivity contribution >= 4 is 5.78 Å². The van der Waals surface area contributed by atoms with Crippen molar-refractivity contribution in [2.75, 3.05) is 13.1 Å². The zero-order valence-electron chi connectivity index (χ0n) is 11.0. The van der Waals surface area contributed by atoms with Crippen molar-refractivity contribution in [1.29, 1.82) is 0 Å². The number of carbonyl (C=O) groups excluding carboxylic acids is 1. The van der Waals surface area contributed by atoms with Gasteiger partial charge in [0, 0.05) is 12.1 Å². The van der Waals surface area contributed by atoms with Crippen LogP contribution in [0.1, 0.15) is 37.0 Å². The fourth-order valence-electron chi connectivity index (χ4n) is 2.60. The van der Waals surface area contributed by atoms with E-state index in [-0.39, 0.29) is 17.6 Å². The van der Waals surface area contributed by atoms with Crippen molar-refractivity contribution in [3.8, 4) is 0 Å². The Balaban J connectivity index is 2.06. The highest BCUT2D eigenvalue weighted by Gasteiger charge is 2.26. The first-order valence-electron chi connectivity index (χ1n) is 6.62. The highest BCUT2D eigenvalue weighted by atomic mass is 19.1. The molecular weight excluding hydrogens is 229 g/mol. The predicted octanol–water partition coefficient (Wildman–Crippen LogP) is 3.13. The van der Waals surface area contributed by atoms with E-state index in [4.69, 9.17) is 0 Å². The lowest BCUT2D eigenvalue weighted by Gasteiger charge is -2.34. The molecule has 1 aliphatic rings. The maximum Gasteiger partial charge on any atom is 0.179 e. The molecule has 0 bridgehead atoms. The number of Topliss-reactive ketones (excluding diaryl/α,β-unsaturated/α-hetero) is 1. The minimum absolute atomic E-state index is 0.0871. The summed E-state index contributed by atoms with van der Waals surface area (Å²) in [6, 6.07) is 5.72. The van der Waals surface area contributed by atoms with Gasteiger partial charge in [-0.2, -0.15) is 0 Å². The first kappa shape index (κ1) is 13.2. The molecule has 1 saturated heterocycles. The second kappa shape index (κ2) is 5.61. The van der Waals surface area contributed by atoms with Crippen LogP contribution in [-0.2, 0) is 0 Å². The first-order chi connectivity index (χ1) is 8.58. The third kappa shape index (κ3) is 2.96. The van der Waals surface area contributed by atoms with Gasteiger partial charge in [-0.3, -0.25) is 9.69 Å². The van der Waals surface area contributed by atoms with Crippen molar-refractivity contribution in [3.63, 3.8) is 0 Å². The maximum atomic E-state index is 12.8. The van der Waals surface area contributed by atoms with Crippen molar-refractivity contribution in [3.05, 3.63) is 35.6 Å². The molecule has 2 nitrogen and oxygen atoms in total. The van der Waals surface area contributed by atoms with Crippen LogP contribution in [0.3, 0.4) is 0 Å². The number of piperidine rings is 1. The summed E-state index contributed by atoms with van der Waals surface area (Å²) in [7, 11) is 0. The molecule has 0 radical (unpaired) electrons. The van der Waals surface area contributed by atoms with E-state index in [2.05, 4.69) is 11.8 Å². The SMILES string of the molecule is CC1CCCN(C(C)C(=O)c2ccc(F)cc2)C1. The molecule has 0 aromatic heterocycles. The van der Waals surface area contributed by atoms with Gasteiger partial charge in [-0.15, -0.1) is 0 Å². The molecule has 1 aromatic carbocycles. The Kier molecular flexibility index (Phi) is 4.12. The number of benzene rings is 1. The predicted molar refractivity (Wildman–Crippen MR) is 70.2 cm³/mol. The molecule has 98 valence electrons. The van der Waals surface area contributed by atoms with Crippen molar-refractivity contribution < 1.29 is 9.18 Å². The van der Waals surface area contributed by atoms with Gasteiger partial charge in [0.25, 0.3) is 0 Å². The van der Waals surface area contributed by atoms with Gasteiger partial charge < -0.3 is 0 Å². The minimum atomic E-state index is -0.300. The Morgan fingerprint density at radius 1 is 1.39 bits per heavy atom. The van der Waals surface area contributed by atoms with Crippen LogP contribution in [0, 0.1) is 11.7 Å². The molecular formula is C15H20FNO. The lowest BCUT2D eigenvalue weighted by atomic mass is 9.96. The average Bonchev–Trinajstić information content (AvgIpc) is 2.38. The highest BCUT2D eigenvalue weighted by molar-refractivity contribution is 5.99. The van der Waals surface area contributed by atoms with Gasteiger partial charge in [0.15, 0.2) is 5.78 Å². The number of ketones is 1. The lowest BCUT2D eigenvalue weighted by Crippen LogP contribution is -2.44. The molecule has 0 aliphatic carbocycles.